The summed E-state index contributed by atoms with van der Waals surface area (Å²) in [6.07, 6.45) is 4.04. The highest BCUT2D eigenvalue weighted by Gasteiger charge is 2.24. The van der Waals surface area contributed by atoms with Gasteiger partial charge in [0.2, 0.25) is 0 Å². The van der Waals surface area contributed by atoms with Crippen molar-refractivity contribution in [2.45, 2.75) is 19.4 Å². The molecule has 1 aliphatic heterocycles. The molecule has 92 valence electrons. The van der Waals surface area contributed by atoms with Crippen molar-refractivity contribution >= 4 is 11.6 Å². The molecule has 1 saturated heterocycles. The topological polar surface area (TPSA) is 77.2 Å². The first kappa shape index (κ1) is 11.9. The molecule has 2 atom stereocenters. The van der Waals surface area contributed by atoms with Crippen LogP contribution in [-0.4, -0.2) is 30.1 Å². The molecule has 0 radical (unpaired) electrons. The largest absolute Gasteiger partial charge is 0.397 e. The summed E-state index contributed by atoms with van der Waals surface area (Å²) in [7, 11) is 0. The molecule has 2 unspecified atom stereocenters. The van der Waals surface area contributed by atoms with E-state index in [9.17, 15) is 4.79 Å². The Kier molecular flexibility index (Phi) is 3.58. The first-order chi connectivity index (χ1) is 8.18. The van der Waals surface area contributed by atoms with Gasteiger partial charge in [-0.3, -0.25) is 9.78 Å². The van der Waals surface area contributed by atoms with Crippen LogP contribution >= 0.6 is 0 Å². The molecule has 0 saturated carbocycles. The predicted octanol–water partition coefficient (Wildman–Crippen LogP) is 0.819. The molecule has 1 aromatic rings. The van der Waals surface area contributed by atoms with Gasteiger partial charge in [0.05, 0.1) is 24.1 Å². The van der Waals surface area contributed by atoms with E-state index in [0.29, 0.717) is 23.8 Å². The lowest BCUT2D eigenvalue weighted by atomic mass is 10.0. The van der Waals surface area contributed by atoms with E-state index in [1.165, 1.54) is 6.20 Å². The summed E-state index contributed by atoms with van der Waals surface area (Å²) in [5.74, 6) is 0.242. The van der Waals surface area contributed by atoms with E-state index >= 15 is 0 Å². The average Bonchev–Trinajstić information content (AvgIpc) is 2.82. The standard InChI is InChI=1S/C12H17N3O2/c1-8(9-3-5-17-7-9)15-12(16)10-2-4-14-6-11(10)13/h2,4,6,8-9H,3,5,7,13H2,1H3,(H,15,16). The monoisotopic (exact) mass is 235 g/mol. The Hall–Kier alpha value is -1.62. The zero-order valence-electron chi connectivity index (χ0n) is 9.85. The van der Waals surface area contributed by atoms with Gasteiger partial charge in [-0.25, -0.2) is 0 Å². The van der Waals surface area contributed by atoms with Gasteiger partial charge in [0.1, 0.15) is 0 Å². The van der Waals surface area contributed by atoms with E-state index < -0.39 is 0 Å². The van der Waals surface area contributed by atoms with Crippen LogP contribution in [0.2, 0.25) is 0 Å². The highest BCUT2D eigenvalue weighted by molar-refractivity contribution is 5.98. The van der Waals surface area contributed by atoms with Gasteiger partial charge in [-0.15, -0.1) is 0 Å². The number of aromatic nitrogens is 1. The van der Waals surface area contributed by atoms with Crippen LogP contribution in [-0.2, 0) is 4.74 Å². The maximum Gasteiger partial charge on any atom is 0.253 e. The minimum atomic E-state index is -0.149. The molecule has 2 heterocycles. The third-order valence-electron chi connectivity index (χ3n) is 3.13. The Morgan fingerprint density at radius 3 is 3.18 bits per heavy atom. The van der Waals surface area contributed by atoms with Crippen molar-refractivity contribution in [1.82, 2.24) is 10.3 Å². The Balaban J connectivity index is 1.99. The van der Waals surface area contributed by atoms with E-state index in [2.05, 4.69) is 10.3 Å². The molecular weight excluding hydrogens is 218 g/mol. The molecule has 1 amide bonds. The van der Waals surface area contributed by atoms with E-state index in [1.807, 2.05) is 6.92 Å². The number of carbonyl (C=O) groups is 1. The molecule has 0 aliphatic carbocycles. The second kappa shape index (κ2) is 5.14. The van der Waals surface area contributed by atoms with Crippen molar-refractivity contribution in [3.8, 4) is 0 Å². The zero-order valence-corrected chi connectivity index (χ0v) is 9.85. The van der Waals surface area contributed by atoms with Crippen LogP contribution in [0.25, 0.3) is 0 Å². The fourth-order valence-corrected chi connectivity index (χ4v) is 1.96. The summed E-state index contributed by atoms with van der Waals surface area (Å²) in [5.41, 5.74) is 6.58. The summed E-state index contributed by atoms with van der Waals surface area (Å²) in [4.78, 5) is 15.8. The summed E-state index contributed by atoms with van der Waals surface area (Å²) in [6, 6.07) is 1.72. The number of anilines is 1. The van der Waals surface area contributed by atoms with Crippen molar-refractivity contribution in [3.63, 3.8) is 0 Å². The number of rotatable bonds is 3. The first-order valence-corrected chi connectivity index (χ1v) is 5.76. The molecule has 3 N–H and O–H groups in total. The SMILES string of the molecule is CC(NC(=O)c1ccncc1N)C1CCOC1. The van der Waals surface area contributed by atoms with Crippen molar-refractivity contribution in [3.05, 3.63) is 24.0 Å². The Bertz CT molecular complexity index is 402. The number of pyridine rings is 1. The molecule has 0 spiro atoms. The molecule has 17 heavy (non-hydrogen) atoms. The maximum absolute atomic E-state index is 12.0. The second-order valence-corrected chi connectivity index (χ2v) is 4.35. The van der Waals surface area contributed by atoms with Crippen molar-refractivity contribution in [2.75, 3.05) is 18.9 Å². The van der Waals surface area contributed by atoms with Crippen LogP contribution in [0.5, 0.6) is 0 Å². The van der Waals surface area contributed by atoms with Crippen LogP contribution in [0.3, 0.4) is 0 Å². The quantitative estimate of drug-likeness (QED) is 0.813. The van der Waals surface area contributed by atoms with Crippen LogP contribution < -0.4 is 11.1 Å². The lowest BCUT2D eigenvalue weighted by Gasteiger charge is -2.19. The summed E-state index contributed by atoms with van der Waals surface area (Å²) < 4.78 is 5.30. The number of carbonyl (C=O) groups excluding carboxylic acids is 1. The first-order valence-electron chi connectivity index (χ1n) is 5.76. The third kappa shape index (κ3) is 2.74. The zero-order chi connectivity index (χ0) is 12.3. The van der Waals surface area contributed by atoms with Crippen molar-refractivity contribution in [2.24, 2.45) is 5.92 Å². The molecule has 1 aliphatic rings. The van der Waals surface area contributed by atoms with Crippen LogP contribution in [0.4, 0.5) is 5.69 Å². The van der Waals surface area contributed by atoms with Crippen LogP contribution in [0.15, 0.2) is 18.5 Å². The highest BCUT2D eigenvalue weighted by atomic mass is 16.5. The number of nitrogen functional groups attached to an aromatic ring is 1. The number of ether oxygens (including phenoxy) is 1. The molecule has 1 aromatic heterocycles. The van der Waals surface area contributed by atoms with Crippen LogP contribution in [0, 0.1) is 5.92 Å². The highest BCUT2D eigenvalue weighted by Crippen LogP contribution is 2.17. The number of nitrogens with zero attached hydrogens (tertiary/aromatic N) is 1. The van der Waals surface area contributed by atoms with Gasteiger partial charge in [0, 0.05) is 24.8 Å². The van der Waals surface area contributed by atoms with Crippen LogP contribution in [0.1, 0.15) is 23.7 Å². The smallest absolute Gasteiger partial charge is 0.253 e. The van der Waals surface area contributed by atoms with E-state index in [1.54, 1.807) is 12.3 Å². The second-order valence-electron chi connectivity index (χ2n) is 4.35. The molecule has 0 aromatic carbocycles. The molecule has 1 fully saturated rings. The van der Waals surface area contributed by atoms with E-state index in [0.717, 1.165) is 13.0 Å². The Labute approximate surface area is 100 Å². The number of nitrogens with two attached hydrogens (primary N) is 1. The fourth-order valence-electron chi connectivity index (χ4n) is 1.96. The van der Waals surface area contributed by atoms with Gasteiger partial charge in [-0.1, -0.05) is 0 Å². The molecule has 2 rings (SSSR count). The van der Waals surface area contributed by atoms with E-state index in [-0.39, 0.29) is 11.9 Å². The predicted molar refractivity (Wildman–Crippen MR) is 64.5 cm³/mol. The van der Waals surface area contributed by atoms with Crippen molar-refractivity contribution in [1.29, 1.82) is 0 Å². The van der Waals surface area contributed by atoms with Gasteiger partial charge in [-0.2, -0.15) is 0 Å². The van der Waals surface area contributed by atoms with E-state index in [4.69, 9.17) is 10.5 Å². The number of hydrogen-bond donors (Lipinski definition) is 2. The molecule has 0 bridgehead atoms. The summed E-state index contributed by atoms with van der Waals surface area (Å²) in [5, 5.41) is 2.95. The molecule has 5 heteroatoms. The lowest BCUT2D eigenvalue weighted by molar-refractivity contribution is 0.0923. The van der Waals surface area contributed by atoms with Gasteiger partial charge < -0.3 is 15.8 Å². The number of nitrogens with one attached hydrogen (secondary N) is 1. The Morgan fingerprint density at radius 1 is 1.71 bits per heavy atom. The lowest BCUT2D eigenvalue weighted by Crippen LogP contribution is -2.38. The molecular formula is C12H17N3O2. The minimum Gasteiger partial charge on any atom is -0.397 e. The maximum atomic E-state index is 12.0. The van der Waals surface area contributed by atoms with Gasteiger partial charge in [0.15, 0.2) is 0 Å². The van der Waals surface area contributed by atoms with Gasteiger partial charge >= 0.3 is 0 Å². The minimum absolute atomic E-state index is 0.0950. The third-order valence-corrected chi connectivity index (χ3v) is 3.13. The Morgan fingerprint density at radius 2 is 2.53 bits per heavy atom. The normalized spacial score (nSPS) is 21.1. The number of amides is 1. The summed E-state index contributed by atoms with van der Waals surface area (Å²) >= 11 is 0. The van der Waals surface area contributed by atoms with Gasteiger partial charge in [0.25, 0.3) is 5.91 Å². The van der Waals surface area contributed by atoms with Crippen molar-refractivity contribution < 1.29 is 9.53 Å². The summed E-state index contributed by atoms with van der Waals surface area (Å²) in [6.45, 7) is 3.49. The number of hydrogen-bond acceptors (Lipinski definition) is 4. The fraction of sp³-hybridized carbons (Fsp3) is 0.500. The molecule has 5 nitrogen and oxygen atoms in total. The average molecular weight is 235 g/mol. The van der Waals surface area contributed by atoms with Gasteiger partial charge in [-0.05, 0) is 19.4 Å².